The van der Waals surface area contributed by atoms with Crippen molar-refractivity contribution in [3.05, 3.63) is 27.9 Å². The normalized spacial score (nSPS) is 14.9. The third-order valence-electron chi connectivity index (χ3n) is 3.38. The molecule has 0 saturated carbocycles. The highest BCUT2D eigenvalue weighted by atomic mass is 16.6. The molecule has 21 heavy (non-hydrogen) atoms. The summed E-state index contributed by atoms with van der Waals surface area (Å²) in [5, 5.41) is 13.9. The molecule has 1 aromatic heterocycles. The number of nitrogens with zero attached hydrogens (tertiary/aromatic N) is 3. The number of hydrogen-bond acceptors (Lipinski definition) is 7. The van der Waals surface area contributed by atoms with Crippen molar-refractivity contribution in [1.29, 1.82) is 0 Å². The molecule has 1 N–H and O–H groups in total. The summed E-state index contributed by atoms with van der Waals surface area (Å²) in [7, 11) is 1.24. The molecule has 1 fully saturated rings. The first-order valence-corrected chi connectivity index (χ1v) is 6.82. The number of pyridine rings is 1. The van der Waals surface area contributed by atoms with Crippen LogP contribution < -0.4 is 5.32 Å². The number of carbonyl (C=O) groups excluding carboxylic acids is 1. The Hall–Kier alpha value is -2.22. The van der Waals surface area contributed by atoms with E-state index >= 15 is 0 Å². The molecule has 0 spiro atoms. The Balaban J connectivity index is 2.06. The van der Waals surface area contributed by atoms with E-state index in [-0.39, 0.29) is 17.2 Å². The lowest BCUT2D eigenvalue weighted by Crippen LogP contribution is -2.26. The molecule has 1 aromatic rings. The molecule has 8 heteroatoms. The lowest BCUT2D eigenvalue weighted by molar-refractivity contribution is -0.384. The monoisotopic (exact) mass is 294 g/mol. The van der Waals surface area contributed by atoms with Gasteiger partial charge in [0.25, 0.3) is 0 Å². The summed E-state index contributed by atoms with van der Waals surface area (Å²) in [6.07, 6.45) is 2.38. The van der Waals surface area contributed by atoms with E-state index < -0.39 is 10.9 Å². The Labute approximate surface area is 122 Å². The zero-order valence-corrected chi connectivity index (χ0v) is 11.9. The minimum absolute atomic E-state index is 0.0479. The van der Waals surface area contributed by atoms with Crippen molar-refractivity contribution in [2.45, 2.75) is 12.8 Å². The number of rotatable bonds is 6. The SMILES string of the molecule is COC(=O)c1ccc([N+](=O)[O-])c(NCCN2CCCC2)n1. The Morgan fingerprint density at radius 3 is 2.81 bits per heavy atom. The standard InChI is InChI=1S/C13H18N4O4/c1-21-13(18)10-4-5-11(17(19)20)12(15-10)14-6-9-16-7-2-3-8-16/h4-5H,2-3,6-9H2,1H3,(H,14,15). The molecule has 1 aliphatic rings. The summed E-state index contributed by atoms with van der Waals surface area (Å²) >= 11 is 0. The molecule has 0 unspecified atom stereocenters. The number of aromatic nitrogens is 1. The van der Waals surface area contributed by atoms with Crippen LogP contribution in [0.5, 0.6) is 0 Å². The van der Waals surface area contributed by atoms with E-state index in [1.165, 1.54) is 32.1 Å². The number of carbonyl (C=O) groups is 1. The van der Waals surface area contributed by atoms with E-state index in [9.17, 15) is 14.9 Å². The molecular formula is C13H18N4O4. The maximum atomic E-state index is 11.4. The highest BCUT2D eigenvalue weighted by Crippen LogP contribution is 2.22. The van der Waals surface area contributed by atoms with Gasteiger partial charge in [-0.2, -0.15) is 0 Å². The predicted octanol–water partition coefficient (Wildman–Crippen LogP) is 1.28. The van der Waals surface area contributed by atoms with Gasteiger partial charge in [-0.05, 0) is 32.0 Å². The number of methoxy groups -OCH3 is 1. The Morgan fingerprint density at radius 2 is 2.19 bits per heavy atom. The van der Waals surface area contributed by atoms with Crippen LogP contribution in [0.25, 0.3) is 0 Å². The minimum atomic E-state index is -0.618. The lowest BCUT2D eigenvalue weighted by Gasteiger charge is -2.15. The first-order chi connectivity index (χ1) is 10.1. The van der Waals surface area contributed by atoms with Gasteiger partial charge in [0, 0.05) is 19.2 Å². The third-order valence-corrected chi connectivity index (χ3v) is 3.38. The average molecular weight is 294 g/mol. The molecule has 8 nitrogen and oxygen atoms in total. The van der Waals surface area contributed by atoms with Crippen molar-refractivity contribution >= 4 is 17.5 Å². The van der Waals surface area contributed by atoms with Gasteiger partial charge < -0.3 is 15.0 Å². The predicted molar refractivity (Wildman–Crippen MR) is 76.4 cm³/mol. The number of nitro groups is 1. The lowest BCUT2D eigenvalue weighted by atomic mass is 10.3. The smallest absolute Gasteiger partial charge is 0.356 e. The molecule has 0 aromatic carbocycles. The quantitative estimate of drug-likeness (QED) is 0.479. The number of ether oxygens (including phenoxy) is 1. The molecule has 0 bridgehead atoms. The molecule has 0 aliphatic carbocycles. The zero-order chi connectivity index (χ0) is 15.2. The van der Waals surface area contributed by atoms with Crippen LogP contribution in [0, 0.1) is 10.1 Å². The molecule has 2 rings (SSSR count). The minimum Gasteiger partial charge on any atom is -0.464 e. The number of anilines is 1. The van der Waals surface area contributed by atoms with Gasteiger partial charge in [-0.15, -0.1) is 0 Å². The summed E-state index contributed by atoms with van der Waals surface area (Å²) in [6, 6.07) is 2.55. The molecule has 0 amide bonds. The van der Waals surface area contributed by atoms with E-state index in [4.69, 9.17) is 0 Å². The van der Waals surface area contributed by atoms with Crippen molar-refractivity contribution in [1.82, 2.24) is 9.88 Å². The van der Waals surface area contributed by atoms with E-state index in [0.29, 0.717) is 6.54 Å². The summed E-state index contributed by atoms with van der Waals surface area (Å²) in [4.78, 5) is 28.2. The first-order valence-electron chi connectivity index (χ1n) is 6.82. The summed E-state index contributed by atoms with van der Waals surface area (Å²) in [6.45, 7) is 3.44. The van der Waals surface area contributed by atoms with Gasteiger partial charge in [0.05, 0.1) is 12.0 Å². The van der Waals surface area contributed by atoms with Gasteiger partial charge in [-0.1, -0.05) is 0 Å². The first kappa shape index (κ1) is 15.2. The molecular weight excluding hydrogens is 276 g/mol. The Bertz CT molecular complexity index is 529. The number of hydrogen-bond donors (Lipinski definition) is 1. The van der Waals surface area contributed by atoms with Crippen molar-refractivity contribution in [3.63, 3.8) is 0 Å². The summed E-state index contributed by atoms with van der Waals surface area (Å²) in [5.41, 5.74) is -0.101. The van der Waals surface area contributed by atoms with E-state index in [1.807, 2.05) is 0 Å². The second-order valence-electron chi connectivity index (χ2n) is 4.79. The maximum Gasteiger partial charge on any atom is 0.356 e. The zero-order valence-electron chi connectivity index (χ0n) is 11.9. The molecule has 2 heterocycles. The Morgan fingerprint density at radius 1 is 1.48 bits per heavy atom. The van der Waals surface area contributed by atoms with Crippen LogP contribution in [0.4, 0.5) is 11.5 Å². The number of likely N-dealkylation sites (tertiary alicyclic amines) is 1. The molecule has 1 aliphatic heterocycles. The molecule has 114 valence electrons. The average Bonchev–Trinajstić information content (AvgIpc) is 2.99. The number of esters is 1. The van der Waals surface area contributed by atoms with Gasteiger partial charge in [-0.25, -0.2) is 9.78 Å². The van der Waals surface area contributed by atoms with Crippen molar-refractivity contribution in [2.24, 2.45) is 0 Å². The van der Waals surface area contributed by atoms with E-state index in [0.717, 1.165) is 19.6 Å². The van der Waals surface area contributed by atoms with E-state index in [1.54, 1.807) is 0 Å². The maximum absolute atomic E-state index is 11.4. The second-order valence-corrected chi connectivity index (χ2v) is 4.79. The van der Waals surface area contributed by atoms with E-state index in [2.05, 4.69) is 19.9 Å². The molecule has 0 atom stereocenters. The second kappa shape index (κ2) is 6.98. The summed E-state index contributed by atoms with van der Waals surface area (Å²) in [5.74, 6) is -0.519. The topological polar surface area (TPSA) is 97.6 Å². The van der Waals surface area contributed by atoms with Crippen LogP contribution in [0.1, 0.15) is 23.3 Å². The fraction of sp³-hybridized carbons (Fsp3) is 0.538. The largest absolute Gasteiger partial charge is 0.464 e. The van der Waals surface area contributed by atoms with Crippen LogP contribution in [0.3, 0.4) is 0 Å². The van der Waals surface area contributed by atoms with Crippen molar-refractivity contribution in [3.8, 4) is 0 Å². The van der Waals surface area contributed by atoms with Gasteiger partial charge >= 0.3 is 11.7 Å². The number of nitrogens with one attached hydrogen (secondary N) is 1. The summed E-state index contributed by atoms with van der Waals surface area (Å²) < 4.78 is 4.57. The fourth-order valence-corrected chi connectivity index (χ4v) is 2.29. The fourth-order valence-electron chi connectivity index (χ4n) is 2.29. The van der Waals surface area contributed by atoms with Gasteiger partial charge in [0.15, 0.2) is 5.69 Å². The van der Waals surface area contributed by atoms with Crippen LogP contribution in [0.2, 0.25) is 0 Å². The third kappa shape index (κ3) is 3.88. The van der Waals surface area contributed by atoms with Crippen LogP contribution in [-0.2, 0) is 4.74 Å². The highest BCUT2D eigenvalue weighted by Gasteiger charge is 2.19. The van der Waals surface area contributed by atoms with Crippen LogP contribution in [0.15, 0.2) is 12.1 Å². The van der Waals surface area contributed by atoms with Gasteiger partial charge in [0.1, 0.15) is 0 Å². The highest BCUT2D eigenvalue weighted by molar-refractivity contribution is 5.88. The van der Waals surface area contributed by atoms with Gasteiger partial charge in [-0.3, -0.25) is 10.1 Å². The van der Waals surface area contributed by atoms with Crippen molar-refractivity contribution in [2.75, 3.05) is 38.6 Å². The van der Waals surface area contributed by atoms with Gasteiger partial charge in [0.2, 0.25) is 5.82 Å². The Kier molecular flexibility index (Phi) is 5.04. The van der Waals surface area contributed by atoms with Crippen LogP contribution >= 0.6 is 0 Å². The molecule has 0 radical (unpaired) electrons. The molecule has 1 saturated heterocycles. The van der Waals surface area contributed by atoms with Crippen LogP contribution in [-0.4, -0.2) is 54.1 Å². The van der Waals surface area contributed by atoms with Crippen molar-refractivity contribution < 1.29 is 14.5 Å².